The molecule has 0 radical (unpaired) electrons. The van der Waals surface area contributed by atoms with Gasteiger partial charge in [0.2, 0.25) is 11.8 Å². The summed E-state index contributed by atoms with van der Waals surface area (Å²) in [4.78, 5) is 42.8. The van der Waals surface area contributed by atoms with E-state index in [2.05, 4.69) is 81.6 Å². The lowest BCUT2D eigenvalue weighted by Gasteiger charge is -2.30. The Morgan fingerprint density at radius 3 is 2.54 bits per heavy atom. The number of allylic oxidation sites excluding steroid dienone is 1. The Bertz CT molecular complexity index is 1630. The molecular weight excluding hydrogens is 606 g/mol. The highest BCUT2D eigenvalue weighted by molar-refractivity contribution is 5.92. The highest BCUT2D eigenvalue weighted by Crippen LogP contribution is 2.45. The Kier molecular flexibility index (Phi) is 9.66. The van der Waals surface area contributed by atoms with Crippen molar-refractivity contribution in [3.8, 4) is 11.1 Å². The van der Waals surface area contributed by atoms with Crippen molar-refractivity contribution < 1.29 is 19.1 Å². The van der Waals surface area contributed by atoms with E-state index in [0.717, 1.165) is 48.8 Å². The number of carbonyl (C=O) groups is 3. The molecule has 3 aromatic rings. The largest absolute Gasteiger partial charge is 0.444 e. The van der Waals surface area contributed by atoms with E-state index in [-0.39, 0.29) is 35.7 Å². The summed E-state index contributed by atoms with van der Waals surface area (Å²) in [7, 11) is 0. The van der Waals surface area contributed by atoms with E-state index in [1.54, 1.807) is 30.4 Å². The molecule has 48 heavy (non-hydrogen) atoms. The number of rotatable bonds is 5. The number of hydrogen-bond acceptors (Lipinski definition) is 7. The lowest BCUT2D eigenvalue weighted by Crippen LogP contribution is -2.55. The Morgan fingerprint density at radius 1 is 1.04 bits per heavy atom. The summed E-state index contributed by atoms with van der Waals surface area (Å²) in [5, 5.41) is 18.8. The second-order valence-electron chi connectivity index (χ2n) is 14.7. The van der Waals surface area contributed by atoms with Gasteiger partial charge in [-0.25, -0.2) is 9.48 Å². The number of tetrazole rings is 1. The lowest BCUT2D eigenvalue weighted by atomic mass is 10.0. The van der Waals surface area contributed by atoms with E-state index in [9.17, 15) is 14.4 Å². The molecule has 11 heteroatoms. The van der Waals surface area contributed by atoms with Gasteiger partial charge in [0.15, 0.2) is 5.82 Å². The third kappa shape index (κ3) is 7.94. The highest BCUT2D eigenvalue weighted by Gasteiger charge is 2.52. The molecule has 2 N–H and O–H groups in total. The zero-order valence-electron chi connectivity index (χ0n) is 28.4. The van der Waals surface area contributed by atoms with Crippen molar-refractivity contribution in [2.75, 3.05) is 6.54 Å². The van der Waals surface area contributed by atoms with Gasteiger partial charge in [-0.3, -0.25) is 9.59 Å². The molecule has 1 saturated heterocycles. The monoisotopic (exact) mass is 653 g/mol. The van der Waals surface area contributed by atoms with Crippen LogP contribution >= 0.6 is 0 Å². The van der Waals surface area contributed by atoms with E-state index >= 15 is 0 Å². The molecule has 0 bridgehead atoms. The molecule has 5 atom stereocenters. The van der Waals surface area contributed by atoms with Crippen molar-refractivity contribution in [3.63, 3.8) is 0 Å². The number of hydrogen-bond donors (Lipinski definition) is 2. The number of benzene rings is 2. The van der Waals surface area contributed by atoms with Crippen LogP contribution in [0.2, 0.25) is 0 Å². The fraction of sp³-hybridized carbons (Fsp3) is 0.514. The fourth-order valence-electron chi connectivity index (χ4n) is 6.88. The molecule has 0 unspecified atom stereocenters. The molecule has 2 aromatic carbocycles. The highest BCUT2D eigenvalue weighted by atomic mass is 16.6. The molecule has 1 saturated carbocycles. The minimum atomic E-state index is -0.821. The van der Waals surface area contributed by atoms with Gasteiger partial charge in [0, 0.05) is 23.9 Å². The van der Waals surface area contributed by atoms with Crippen molar-refractivity contribution in [2.45, 2.75) is 108 Å². The second-order valence-corrected chi connectivity index (χ2v) is 14.7. The van der Waals surface area contributed by atoms with Crippen molar-refractivity contribution in [3.05, 3.63) is 78.1 Å². The first kappa shape index (κ1) is 33.4. The van der Waals surface area contributed by atoms with Gasteiger partial charge in [-0.1, -0.05) is 79.6 Å². The van der Waals surface area contributed by atoms with Gasteiger partial charge >= 0.3 is 6.09 Å². The maximum Gasteiger partial charge on any atom is 0.408 e. The second kappa shape index (κ2) is 13.9. The normalized spacial score (nSPS) is 27.1. The molecule has 6 rings (SSSR count). The van der Waals surface area contributed by atoms with E-state index in [1.807, 2.05) is 18.2 Å². The smallest absolute Gasteiger partial charge is 0.408 e. The quantitative estimate of drug-likeness (QED) is 0.354. The molecule has 11 nitrogen and oxygen atoms in total. The van der Waals surface area contributed by atoms with Gasteiger partial charge in [-0.15, -0.1) is 5.10 Å². The first-order chi connectivity index (χ1) is 23.0. The predicted molar refractivity (Wildman–Crippen MR) is 182 cm³/mol. The Morgan fingerprint density at radius 2 is 1.79 bits per heavy atom. The summed E-state index contributed by atoms with van der Waals surface area (Å²) >= 11 is 0. The van der Waals surface area contributed by atoms with Crippen LogP contribution in [-0.4, -0.2) is 72.8 Å². The maximum atomic E-state index is 14.3. The van der Waals surface area contributed by atoms with Crippen molar-refractivity contribution in [1.29, 1.82) is 0 Å². The average Bonchev–Trinajstić information content (AvgIpc) is 3.36. The molecule has 3 aliphatic rings. The standard InChI is InChI=1S/C37H47N7O4/c1-36(2,3)48-35(47)38-30-16-12-7-5-6-11-15-29-22-37(29,4)39-33(45)31-21-28(24-43(31)34(30)46)32-40-41-42-44(32)23-25-17-19-27(20-18-25)26-13-9-8-10-14-26/h8-11,13-15,17-20,28-31H,5-7,12,16,21-24H2,1-4H3,(H,38,47)(H,39,45)/b15-11-/t28-,29-,30+,31+,37-/m1/s1. The molecular formula is C37H47N7O4. The van der Waals surface area contributed by atoms with Gasteiger partial charge in [0.1, 0.15) is 17.7 Å². The third-order valence-corrected chi connectivity index (χ3v) is 9.64. The molecule has 1 aliphatic carbocycles. The van der Waals surface area contributed by atoms with Crippen LogP contribution in [0.3, 0.4) is 0 Å². The lowest BCUT2D eigenvalue weighted by molar-refractivity contribution is -0.140. The van der Waals surface area contributed by atoms with Crippen LogP contribution in [0.1, 0.15) is 89.9 Å². The summed E-state index contributed by atoms with van der Waals surface area (Å²) in [6, 6.07) is 17.0. The van der Waals surface area contributed by atoms with Crippen LogP contribution in [0.5, 0.6) is 0 Å². The van der Waals surface area contributed by atoms with Gasteiger partial charge in [-0.05, 0) is 86.9 Å². The van der Waals surface area contributed by atoms with E-state index in [1.165, 1.54) is 0 Å². The SMILES string of the molecule is CC(C)(C)OC(=O)N[C@H]1CCCCC/C=C\[C@@H]2C[C@@]2(C)NC(=O)[C@@H]2C[C@@H](c3nnnn3Cc3ccc(-c4ccccc4)cc3)CN2C1=O. The number of alkyl carbamates (subject to hydrolysis) is 1. The number of carbonyl (C=O) groups excluding carboxylic acids is 3. The minimum absolute atomic E-state index is 0.189. The first-order valence-corrected chi connectivity index (χ1v) is 17.2. The number of ether oxygens (including phenoxy) is 1. The van der Waals surface area contributed by atoms with Crippen LogP contribution in [0.25, 0.3) is 11.1 Å². The zero-order valence-corrected chi connectivity index (χ0v) is 28.4. The average molecular weight is 654 g/mol. The van der Waals surface area contributed by atoms with Crippen LogP contribution in [-0.2, 0) is 20.9 Å². The fourth-order valence-corrected chi connectivity index (χ4v) is 6.88. The van der Waals surface area contributed by atoms with Crippen molar-refractivity contribution in [2.24, 2.45) is 5.92 Å². The first-order valence-electron chi connectivity index (χ1n) is 17.2. The van der Waals surface area contributed by atoms with Gasteiger partial charge < -0.3 is 20.3 Å². The molecule has 3 heterocycles. The Hall–Kier alpha value is -4.54. The number of amides is 3. The van der Waals surface area contributed by atoms with Gasteiger partial charge in [0.05, 0.1) is 6.54 Å². The van der Waals surface area contributed by atoms with E-state index < -0.39 is 23.8 Å². The van der Waals surface area contributed by atoms with Crippen LogP contribution in [0.4, 0.5) is 4.79 Å². The summed E-state index contributed by atoms with van der Waals surface area (Å²) < 4.78 is 7.29. The molecule has 2 aliphatic heterocycles. The third-order valence-electron chi connectivity index (χ3n) is 9.64. The summed E-state index contributed by atoms with van der Waals surface area (Å²) in [6.07, 6.45) is 9.09. The van der Waals surface area contributed by atoms with Crippen LogP contribution in [0, 0.1) is 5.92 Å². The molecule has 254 valence electrons. The van der Waals surface area contributed by atoms with Crippen molar-refractivity contribution >= 4 is 17.9 Å². The number of aromatic nitrogens is 4. The van der Waals surface area contributed by atoms with Crippen LogP contribution < -0.4 is 10.6 Å². The number of fused-ring (bicyclic) bond motifs is 2. The summed E-state index contributed by atoms with van der Waals surface area (Å²) in [6.45, 7) is 8.14. The maximum absolute atomic E-state index is 14.3. The summed E-state index contributed by atoms with van der Waals surface area (Å²) in [5.74, 6) is 0.150. The molecule has 0 spiro atoms. The van der Waals surface area contributed by atoms with Gasteiger partial charge in [0.25, 0.3) is 0 Å². The molecule has 3 amide bonds. The van der Waals surface area contributed by atoms with E-state index in [4.69, 9.17) is 4.74 Å². The number of nitrogens with one attached hydrogen (secondary N) is 2. The summed E-state index contributed by atoms with van der Waals surface area (Å²) in [5.41, 5.74) is 2.24. The Labute approximate surface area is 282 Å². The predicted octanol–water partition coefficient (Wildman–Crippen LogP) is 5.38. The van der Waals surface area contributed by atoms with Crippen molar-refractivity contribution in [1.82, 2.24) is 35.7 Å². The van der Waals surface area contributed by atoms with E-state index in [0.29, 0.717) is 25.2 Å². The zero-order chi connectivity index (χ0) is 33.9. The van der Waals surface area contributed by atoms with Crippen LogP contribution in [0.15, 0.2) is 66.7 Å². The number of nitrogens with zero attached hydrogens (tertiary/aromatic N) is 5. The minimum Gasteiger partial charge on any atom is -0.444 e. The topological polar surface area (TPSA) is 131 Å². The molecule has 1 aromatic heterocycles. The molecule has 2 fully saturated rings. The Balaban J connectivity index is 1.24. The van der Waals surface area contributed by atoms with Gasteiger partial charge in [-0.2, -0.15) is 0 Å².